The van der Waals surface area contributed by atoms with E-state index in [1.54, 1.807) is 0 Å². The summed E-state index contributed by atoms with van der Waals surface area (Å²) in [5.41, 5.74) is 2.24. The second kappa shape index (κ2) is 9.87. The largest absolute Gasteiger partial charge is 0.494 e. The Hall–Kier alpha value is -2.41. The zero-order chi connectivity index (χ0) is 20.8. The molecule has 1 saturated heterocycles. The van der Waals surface area contributed by atoms with Gasteiger partial charge in [0.1, 0.15) is 5.75 Å². The third-order valence-electron chi connectivity index (χ3n) is 5.40. The van der Waals surface area contributed by atoms with Crippen LogP contribution in [0.15, 0.2) is 24.3 Å². The van der Waals surface area contributed by atoms with Gasteiger partial charge in [0, 0.05) is 5.56 Å². The van der Waals surface area contributed by atoms with Gasteiger partial charge in [0.05, 0.1) is 24.4 Å². The average Bonchev–Trinajstić information content (AvgIpc) is 3.10. The van der Waals surface area contributed by atoms with Crippen LogP contribution < -0.4 is 15.4 Å². The van der Waals surface area contributed by atoms with Crippen molar-refractivity contribution >= 4 is 5.91 Å². The number of benzene rings is 1. The van der Waals surface area contributed by atoms with Gasteiger partial charge in [-0.15, -0.1) is 5.10 Å². The number of carbonyl (C=O) groups is 1. The molecule has 0 aliphatic carbocycles. The van der Waals surface area contributed by atoms with E-state index in [-0.39, 0.29) is 11.9 Å². The highest BCUT2D eigenvalue weighted by Crippen LogP contribution is 2.30. The molecule has 2 aromatic rings. The van der Waals surface area contributed by atoms with E-state index >= 15 is 0 Å². The number of aromatic nitrogens is 3. The molecule has 2 heterocycles. The molecule has 2 N–H and O–H groups in total. The van der Waals surface area contributed by atoms with Crippen molar-refractivity contribution in [1.82, 2.24) is 25.6 Å². The van der Waals surface area contributed by atoms with E-state index in [1.165, 1.54) is 0 Å². The fraction of sp³-hybridized carbons (Fsp3) is 0.591. The van der Waals surface area contributed by atoms with E-state index in [1.807, 2.05) is 42.8 Å². The van der Waals surface area contributed by atoms with Crippen LogP contribution in [0.1, 0.15) is 73.9 Å². The quantitative estimate of drug-likeness (QED) is 0.711. The lowest BCUT2D eigenvalue weighted by Gasteiger charge is -2.24. The van der Waals surface area contributed by atoms with E-state index in [4.69, 9.17) is 4.74 Å². The Kier molecular flexibility index (Phi) is 7.25. The summed E-state index contributed by atoms with van der Waals surface area (Å²) in [6.45, 7) is 10.7. The first-order chi connectivity index (χ1) is 14.0. The summed E-state index contributed by atoms with van der Waals surface area (Å²) >= 11 is 0. The van der Waals surface area contributed by atoms with Gasteiger partial charge in [-0.25, -0.2) is 4.68 Å². The van der Waals surface area contributed by atoms with E-state index in [0.29, 0.717) is 24.3 Å². The summed E-state index contributed by atoms with van der Waals surface area (Å²) in [6.07, 6.45) is 2.82. The third kappa shape index (κ3) is 5.15. The van der Waals surface area contributed by atoms with Crippen molar-refractivity contribution in [2.75, 3.05) is 19.7 Å². The molecule has 0 saturated carbocycles. The average molecular weight is 400 g/mol. The number of piperidine rings is 1. The molecule has 1 aromatic heterocycles. The lowest BCUT2D eigenvalue weighted by molar-refractivity contribution is 0.0925. The fourth-order valence-electron chi connectivity index (χ4n) is 3.97. The minimum absolute atomic E-state index is 0.145. The number of nitrogens with zero attached hydrogens (tertiary/aromatic N) is 3. The van der Waals surface area contributed by atoms with Crippen LogP contribution in [0.2, 0.25) is 0 Å². The van der Waals surface area contributed by atoms with Gasteiger partial charge in [-0.3, -0.25) is 4.79 Å². The minimum atomic E-state index is -0.181. The molecule has 7 nitrogen and oxygen atoms in total. The molecule has 3 rings (SSSR count). The van der Waals surface area contributed by atoms with Crippen LogP contribution in [-0.4, -0.2) is 40.6 Å². The maximum atomic E-state index is 13.1. The molecule has 0 spiro atoms. The maximum Gasteiger partial charge on any atom is 0.274 e. The molecule has 7 heteroatoms. The smallest absolute Gasteiger partial charge is 0.274 e. The predicted octanol–water partition coefficient (Wildman–Crippen LogP) is 3.43. The summed E-state index contributed by atoms with van der Waals surface area (Å²) in [5.74, 6) is 1.05. The fourth-order valence-corrected chi connectivity index (χ4v) is 3.97. The third-order valence-corrected chi connectivity index (χ3v) is 5.40. The SMILES string of the molecule is CCOc1ccccc1C(CC(C)C)NC(=O)c1nnn(C2CCNCC2)c1C. The van der Waals surface area contributed by atoms with Gasteiger partial charge >= 0.3 is 0 Å². The Balaban J connectivity index is 1.81. The molecule has 1 atom stereocenters. The van der Waals surface area contributed by atoms with Crippen LogP contribution in [-0.2, 0) is 0 Å². The van der Waals surface area contributed by atoms with Gasteiger partial charge in [0.2, 0.25) is 0 Å². The molecular formula is C22H33N5O2. The molecule has 158 valence electrons. The first-order valence-electron chi connectivity index (χ1n) is 10.7. The number of hydrogen-bond donors (Lipinski definition) is 2. The van der Waals surface area contributed by atoms with Crippen LogP contribution in [0.25, 0.3) is 0 Å². The second-order valence-corrected chi connectivity index (χ2v) is 8.08. The minimum Gasteiger partial charge on any atom is -0.494 e. The van der Waals surface area contributed by atoms with E-state index in [9.17, 15) is 4.79 Å². The van der Waals surface area contributed by atoms with Crippen LogP contribution in [0.4, 0.5) is 0 Å². The number of hydrogen-bond acceptors (Lipinski definition) is 5. The Morgan fingerprint density at radius 1 is 1.31 bits per heavy atom. The summed E-state index contributed by atoms with van der Waals surface area (Å²) in [6, 6.07) is 8.07. The maximum absolute atomic E-state index is 13.1. The van der Waals surface area contributed by atoms with Crippen molar-refractivity contribution in [2.24, 2.45) is 5.92 Å². The normalized spacial score (nSPS) is 16.0. The van der Waals surface area contributed by atoms with Gasteiger partial charge in [-0.2, -0.15) is 0 Å². The van der Waals surface area contributed by atoms with E-state index < -0.39 is 0 Å². The van der Waals surface area contributed by atoms with Crippen LogP contribution in [0.5, 0.6) is 5.75 Å². The van der Waals surface area contributed by atoms with Crippen molar-refractivity contribution in [1.29, 1.82) is 0 Å². The first-order valence-corrected chi connectivity index (χ1v) is 10.7. The van der Waals surface area contributed by atoms with Crippen molar-refractivity contribution in [3.8, 4) is 5.75 Å². The number of ether oxygens (including phenoxy) is 1. The standard InChI is InChI=1S/C22H33N5O2/c1-5-29-20-9-7-6-8-18(20)19(14-15(2)3)24-22(28)21-16(4)27(26-25-21)17-10-12-23-13-11-17/h6-9,15,17,19,23H,5,10-14H2,1-4H3,(H,24,28). The first kappa shape index (κ1) is 21.3. The topological polar surface area (TPSA) is 81.1 Å². The molecule has 0 bridgehead atoms. The van der Waals surface area contributed by atoms with Crippen molar-refractivity contribution < 1.29 is 9.53 Å². The molecule has 0 radical (unpaired) electrons. The molecule has 29 heavy (non-hydrogen) atoms. The van der Waals surface area contributed by atoms with Crippen molar-refractivity contribution in [3.63, 3.8) is 0 Å². The van der Waals surface area contributed by atoms with Gasteiger partial charge in [-0.1, -0.05) is 37.3 Å². The van der Waals surface area contributed by atoms with Crippen LogP contribution >= 0.6 is 0 Å². The zero-order valence-corrected chi connectivity index (χ0v) is 17.9. The number of rotatable bonds is 8. The highest BCUT2D eigenvalue weighted by molar-refractivity contribution is 5.93. The summed E-state index contributed by atoms with van der Waals surface area (Å²) in [5, 5.41) is 15.1. The summed E-state index contributed by atoms with van der Waals surface area (Å²) < 4.78 is 7.72. The van der Waals surface area contributed by atoms with Gasteiger partial charge in [0.25, 0.3) is 5.91 Å². The molecule has 1 aliphatic heterocycles. The number of carbonyl (C=O) groups excluding carboxylic acids is 1. The molecular weight excluding hydrogens is 366 g/mol. The van der Waals surface area contributed by atoms with Gasteiger partial charge in [0.15, 0.2) is 5.69 Å². The summed E-state index contributed by atoms with van der Waals surface area (Å²) in [7, 11) is 0. The number of nitrogens with one attached hydrogen (secondary N) is 2. The molecule has 1 amide bonds. The van der Waals surface area contributed by atoms with Gasteiger partial charge < -0.3 is 15.4 Å². The predicted molar refractivity (Wildman–Crippen MR) is 113 cm³/mol. The Morgan fingerprint density at radius 2 is 2.03 bits per heavy atom. The van der Waals surface area contributed by atoms with Crippen molar-refractivity contribution in [3.05, 3.63) is 41.2 Å². The van der Waals surface area contributed by atoms with Crippen molar-refractivity contribution in [2.45, 2.75) is 59.0 Å². The monoisotopic (exact) mass is 399 g/mol. The van der Waals surface area contributed by atoms with E-state index in [0.717, 1.165) is 49.4 Å². The van der Waals surface area contributed by atoms with E-state index in [2.05, 4.69) is 34.8 Å². The molecule has 1 aromatic carbocycles. The number of amides is 1. The second-order valence-electron chi connectivity index (χ2n) is 8.08. The molecule has 1 aliphatic rings. The Morgan fingerprint density at radius 3 is 2.72 bits per heavy atom. The molecule has 1 fully saturated rings. The number of para-hydroxylation sites is 1. The van der Waals surface area contributed by atoms with Crippen LogP contribution in [0, 0.1) is 12.8 Å². The Bertz CT molecular complexity index is 811. The Labute approximate surface area is 173 Å². The van der Waals surface area contributed by atoms with Crippen LogP contribution in [0.3, 0.4) is 0 Å². The summed E-state index contributed by atoms with van der Waals surface area (Å²) in [4.78, 5) is 13.1. The molecule has 1 unspecified atom stereocenters. The zero-order valence-electron chi connectivity index (χ0n) is 17.9. The highest BCUT2D eigenvalue weighted by atomic mass is 16.5. The lowest BCUT2D eigenvalue weighted by Crippen LogP contribution is -2.31. The highest BCUT2D eigenvalue weighted by Gasteiger charge is 2.26. The lowest BCUT2D eigenvalue weighted by atomic mass is 9.96. The van der Waals surface area contributed by atoms with Gasteiger partial charge in [-0.05, 0) is 58.2 Å².